The maximum atomic E-state index is 9.34. The zero-order valence-electron chi connectivity index (χ0n) is 17.1. The molecule has 0 aromatic rings. The second-order valence-electron chi connectivity index (χ2n) is 10.2. The van der Waals surface area contributed by atoms with Crippen LogP contribution in [0.25, 0.3) is 0 Å². The molecule has 0 spiro atoms. The Morgan fingerprint density at radius 3 is 2.42 bits per heavy atom. The Morgan fingerprint density at radius 1 is 1.15 bits per heavy atom. The molecule has 1 heterocycles. The van der Waals surface area contributed by atoms with Crippen molar-refractivity contribution >= 4 is 5.97 Å². The fraction of sp³-hybridized carbons (Fsp3) is 0.864. The lowest BCUT2D eigenvalue weighted by Gasteiger charge is -2.29. The molecule has 5 rings (SSSR count). The Kier molecular flexibility index (Phi) is 5.31. The SMILES string of the molecule is CC(=O)OO.CC12CCC(C1)C1(C)OC1C2.CC1=CCC2(C)CCC1C2. The first-order valence-electron chi connectivity index (χ1n) is 10.3. The summed E-state index contributed by atoms with van der Waals surface area (Å²) < 4.78 is 5.76. The third kappa shape index (κ3) is 4.01. The van der Waals surface area contributed by atoms with Gasteiger partial charge in [0, 0.05) is 6.92 Å². The molecular weight excluding hydrogens is 328 g/mol. The lowest BCUT2D eigenvalue weighted by atomic mass is 9.73. The maximum absolute atomic E-state index is 9.34. The average molecular weight is 365 g/mol. The van der Waals surface area contributed by atoms with Crippen LogP contribution in [0.15, 0.2) is 11.6 Å². The molecule has 1 N–H and O–H groups in total. The molecule has 6 atom stereocenters. The number of epoxide rings is 1. The van der Waals surface area contributed by atoms with E-state index in [-0.39, 0.29) is 0 Å². The number of carbonyl (C=O) groups excluding carboxylic acids is 1. The van der Waals surface area contributed by atoms with Gasteiger partial charge in [-0.1, -0.05) is 25.5 Å². The molecule has 3 saturated carbocycles. The lowest BCUT2D eigenvalue weighted by molar-refractivity contribution is -0.231. The molecule has 26 heavy (non-hydrogen) atoms. The summed E-state index contributed by atoms with van der Waals surface area (Å²) in [5, 5.41) is 7.29. The Bertz CT molecular complexity index is 581. The predicted octanol–water partition coefficient (Wildman–Crippen LogP) is 5.52. The minimum absolute atomic E-state index is 0.329. The van der Waals surface area contributed by atoms with Gasteiger partial charge in [0.1, 0.15) is 0 Å². The molecular formula is C22H36O4. The van der Waals surface area contributed by atoms with Crippen LogP contribution in [0.3, 0.4) is 0 Å². The second kappa shape index (κ2) is 6.94. The third-order valence-electron chi connectivity index (χ3n) is 7.83. The highest BCUT2D eigenvalue weighted by Gasteiger charge is 2.65. The molecule has 1 saturated heterocycles. The molecule has 4 nitrogen and oxygen atoms in total. The summed E-state index contributed by atoms with van der Waals surface area (Å²) in [5.74, 6) is 1.16. The van der Waals surface area contributed by atoms with Gasteiger partial charge >= 0.3 is 5.97 Å². The number of ether oxygens (including phenoxy) is 1. The fourth-order valence-corrected chi connectivity index (χ4v) is 5.79. The van der Waals surface area contributed by atoms with Crippen LogP contribution in [0.5, 0.6) is 0 Å². The molecule has 0 radical (unpaired) electrons. The standard InChI is InChI=1S/C10H16O.C10H16.C2H4O3/c1-9-4-3-7(5-9)10(2)8(6-9)11-10;1-8-3-5-10(2)6-4-9(8)7-10;1-2(3)5-4/h7-8H,3-6H2,1-2H3;3,9H,4-7H2,1-2H3;4H,1H3. The summed E-state index contributed by atoms with van der Waals surface area (Å²) in [6.45, 7) is 10.6. The van der Waals surface area contributed by atoms with Crippen molar-refractivity contribution in [2.45, 2.75) is 97.7 Å². The summed E-state index contributed by atoms with van der Waals surface area (Å²) in [4.78, 5) is 12.5. The number of fused-ring (bicyclic) bond motifs is 6. The van der Waals surface area contributed by atoms with Crippen LogP contribution in [-0.4, -0.2) is 22.9 Å². The minimum Gasteiger partial charge on any atom is -0.366 e. The van der Waals surface area contributed by atoms with Crippen molar-refractivity contribution in [1.29, 1.82) is 0 Å². The zero-order chi connectivity index (χ0) is 19.2. The van der Waals surface area contributed by atoms with E-state index in [1.165, 1.54) is 51.4 Å². The monoisotopic (exact) mass is 364 g/mol. The van der Waals surface area contributed by atoms with Gasteiger partial charge in [0.2, 0.25) is 0 Å². The van der Waals surface area contributed by atoms with Gasteiger partial charge in [0.15, 0.2) is 0 Å². The highest BCUT2D eigenvalue weighted by molar-refractivity contribution is 5.64. The van der Waals surface area contributed by atoms with E-state index in [2.05, 4.69) is 38.7 Å². The first kappa shape index (κ1) is 19.9. The van der Waals surface area contributed by atoms with Crippen LogP contribution in [0, 0.1) is 22.7 Å². The van der Waals surface area contributed by atoms with E-state index in [1.54, 1.807) is 5.57 Å². The molecule has 0 aromatic carbocycles. The smallest absolute Gasteiger partial charge is 0.339 e. The maximum Gasteiger partial charge on any atom is 0.339 e. The van der Waals surface area contributed by atoms with Crippen molar-refractivity contribution in [1.82, 2.24) is 0 Å². The van der Waals surface area contributed by atoms with Gasteiger partial charge in [-0.15, -0.1) is 0 Å². The number of allylic oxidation sites excluding steroid dienone is 2. The largest absolute Gasteiger partial charge is 0.366 e. The summed E-state index contributed by atoms with van der Waals surface area (Å²) in [6.07, 6.45) is 14.5. The van der Waals surface area contributed by atoms with Crippen LogP contribution >= 0.6 is 0 Å². The van der Waals surface area contributed by atoms with E-state index in [4.69, 9.17) is 9.99 Å². The normalized spacial score (nSPS) is 46.7. The molecule has 6 unspecified atom stereocenters. The first-order valence-corrected chi connectivity index (χ1v) is 10.3. The van der Waals surface area contributed by atoms with Gasteiger partial charge in [0.25, 0.3) is 0 Å². The molecule has 0 aromatic heterocycles. The van der Waals surface area contributed by atoms with Crippen LogP contribution in [0.4, 0.5) is 0 Å². The van der Waals surface area contributed by atoms with E-state index < -0.39 is 5.97 Å². The molecule has 4 aliphatic carbocycles. The van der Waals surface area contributed by atoms with Crippen molar-refractivity contribution in [2.24, 2.45) is 22.7 Å². The van der Waals surface area contributed by atoms with Crippen molar-refractivity contribution in [3.05, 3.63) is 11.6 Å². The number of hydrogen-bond acceptors (Lipinski definition) is 4. The van der Waals surface area contributed by atoms with Gasteiger partial charge < -0.3 is 9.62 Å². The summed E-state index contributed by atoms with van der Waals surface area (Å²) in [6, 6.07) is 0. The Balaban J connectivity index is 0.000000122. The van der Waals surface area contributed by atoms with Gasteiger partial charge in [0.05, 0.1) is 11.7 Å². The Labute approximate surface area is 158 Å². The van der Waals surface area contributed by atoms with Gasteiger partial charge in [-0.2, -0.15) is 5.26 Å². The second-order valence-corrected chi connectivity index (χ2v) is 10.2. The topological polar surface area (TPSA) is 59.1 Å². The lowest BCUT2D eigenvalue weighted by Crippen LogP contribution is -2.30. The Morgan fingerprint density at radius 2 is 1.81 bits per heavy atom. The number of carbonyl (C=O) groups is 1. The fourth-order valence-electron chi connectivity index (χ4n) is 5.79. The van der Waals surface area contributed by atoms with Crippen LogP contribution in [-0.2, 0) is 14.4 Å². The highest BCUT2D eigenvalue weighted by atomic mass is 17.1. The van der Waals surface area contributed by atoms with E-state index in [1.807, 2.05) is 0 Å². The summed E-state index contributed by atoms with van der Waals surface area (Å²) >= 11 is 0. The molecule has 4 fully saturated rings. The molecule has 0 amide bonds. The summed E-state index contributed by atoms with van der Waals surface area (Å²) in [5.41, 5.74) is 3.35. The van der Waals surface area contributed by atoms with Crippen LogP contribution in [0.2, 0.25) is 0 Å². The van der Waals surface area contributed by atoms with Crippen molar-refractivity contribution < 1.29 is 19.7 Å². The minimum atomic E-state index is -0.690. The van der Waals surface area contributed by atoms with E-state index in [9.17, 15) is 4.79 Å². The number of rotatable bonds is 0. The van der Waals surface area contributed by atoms with Crippen molar-refractivity contribution in [3.63, 3.8) is 0 Å². The molecule has 4 bridgehead atoms. The highest BCUT2D eigenvalue weighted by Crippen LogP contribution is 2.63. The third-order valence-corrected chi connectivity index (χ3v) is 7.83. The van der Waals surface area contributed by atoms with Crippen molar-refractivity contribution in [2.75, 3.05) is 0 Å². The molecule has 148 valence electrons. The van der Waals surface area contributed by atoms with Gasteiger partial charge in [-0.25, -0.2) is 4.79 Å². The van der Waals surface area contributed by atoms with E-state index in [0.29, 0.717) is 22.5 Å². The molecule has 5 aliphatic rings. The zero-order valence-corrected chi connectivity index (χ0v) is 17.1. The summed E-state index contributed by atoms with van der Waals surface area (Å²) in [7, 11) is 0. The van der Waals surface area contributed by atoms with Crippen LogP contribution in [0.1, 0.15) is 86.0 Å². The molecule has 1 aliphatic heterocycles. The van der Waals surface area contributed by atoms with E-state index in [0.717, 1.165) is 18.8 Å². The van der Waals surface area contributed by atoms with Gasteiger partial charge in [-0.3, -0.25) is 0 Å². The van der Waals surface area contributed by atoms with E-state index >= 15 is 0 Å². The average Bonchev–Trinajstić information content (AvgIpc) is 2.96. The quantitative estimate of drug-likeness (QED) is 0.266. The van der Waals surface area contributed by atoms with Crippen molar-refractivity contribution in [3.8, 4) is 0 Å². The van der Waals surface area contributed by atoms with Gasteiger partial charge in [-0.05, 0) is 87.9 Å². The molecule has 4 heteroatoms. The first-order chi connectivity index (χ1) is 12.1. The Hall–Kier alpha value is -0.870. The van der Waals surface area contributed by atoms with Crippen LogP contribution < -0.4 is 0 Å². The number of hydrogen-bond donors (Lipinski definition) is 1. The predicted molar refractivity (Wildman–Crippen MR) is 102 cm³/mol.